The van der Waals surface area contributed by atoms with E-state index in [1.807, 2.05) is 38.1 Å². The lowest BCUT2D eigenvalue weighted by Crippen LogP contribution is -2.49. The van der Waals surface area contributed by atoms with Crippen molar-refractivity contribution in [3.8, 4) is 5.69 Å². The van der Waals surface area contributed by atoms with E-state index in [1.165, 1.54) is 0 Å². The van der Waals surface area contributed by atoms with E-state index in [1.54, 1.807) is 16.7 Å². The van der Waals surface area contributed by atoms with Crippen molar-refractivity contribution in [1.82, 2.24) is 14.8 Å². The average molecular weight is 386 g/mol. The first kappa shape index (κ1) is 19.5. The van der Waals surface area contributed by atoms with Crippen molar-refractivity contribution in [1.29, 1.82) is 0 Å². The van der Waals surface area contributed by atoms with Gasteiger partial charge in [-0.1, -0.05) is 6.92 Å². The maximum atomic E-state index is 13.0. The Bertz CT molecular complexity index is 809. The molecule has 2 amide bonds. The summed E-state index contributed by atoms with van der Waals surface area (Å²) in [7, 11) is 0. The monoisotopic (exact) mass is 385 g/mol. The normalized spacial score (nSPS) is 17.8. The van der Waals surface area contributed by atoms with Gasteiger partial charge >= 0.3 is 0 Å². The average Bonchev–Trinajstić information content (AvgIpc) is 3.28. The van der Waals surface area contributed by atoms with Gasteiger partial charge in [0.2, 0.25) is 5.91 Å². The standard InChI is InChI=1S/C21H27N3O2S/c1-5-14(2)22-20(25)19-12-27-13-23(19)21(26)17-8-10-18(11-9-17)24-15(3)6-7-16(24)4/h6-11,14,19H,5,12-13H2,1-4H3,(H,22,25). The SMILES string of the molecule is CCC(C)NC(=O)C1CSCN1C(=O)c1ccc(-n2c(C)ccc2C)cc1. The van der Waals surface area contributed by atoms with E-state index in [4.69, 9.17) is 0 Å². The van der Waals surface area contributed by atoms with Gasteiger partial charge in [0.05, 0.1) is 5.88 Å². The third-order valence-electron chi connectivity index (χ3n) is 5.09. The summed E-state index contributed by atoms with van der Waals surface area (Å²) in [5.74, 6) is 1.05. The highest BCUT2D eigenvalue weighted by Gasteiger charge is 2.35. The van der Waals surface area contributed by atoms with E-state index in [9.17, 15) is 9.59 Å². The number of aryl methyl sites for hydroxylation is 2. The molecule has 2 aromatic rings. The van der Waals surface area contributed by atoms with Crippen molar-refractivity contribution in [3.05, 3.63) is 53.3 Å². The van der Waals surface area contributed by atoms with Crippen LogP contribution in [0.3, 0.4) is 0 Å². The minimum absolute atomic E-state index is 0.0575. The zero-order valence-electron chi connectivity index (χ0n) is 16.4. The van der Waals surface area contributed by atoms with Gasteiger partial charge in [-0.25, -0.2) is 0 Å². The first-order chi connectivity index (χ1) is 12.9. The molecule has 3 rings (SSSR count). The summed E-state index contributed by atoms with van der Waals surface area (Å²) in [4.78, 5) is 27.2. The zero-order valence-corrected chi connectivity index (χ0v) is 17.2. The van der Waals surface area contributed by atoms with E-state index in [0.29, 0.717) is 17.2 Å². The summed E-state index contributed by atoms with van der Waals surface area (Å²) < 4.78 is 2.16. The Labute approximate surface area is 165 Å². The van der Waals surface area contributed by atoms with Gasteiger partial charge in [-0.05, 0) is 63.6 Å². The second kappa shape index (κ2) is 8.21. The Morgan fingerprint density at radius 3 is 2.37 bits per heavy atom. The Hall–Kier alpha value is -2.21. The summed E-state index contributed by atoms with van der Waals surface area (Å²) >= 11 is 1.62. The zero-order chi connectivity index (χ0) is 19.6. The van der Waals surface area contributed by atoms with E-state index >= 15 is 0 Å². The van der Waals surface area contributed by atoms with Crippen molar-refractivity contribution >= 4 is 23.6 Å². The molecule has 144 valence electrons. The number of carbonyl (C=O) groups excluding carboxylic acids is 2. The molecule has 2 heterocycles. The van der Waals surface area contributed by atoms with Crippen LogP contribution < -0.4 is 5.32 Å². The molecular formula is C21H27N3O2S. The van der Waals surface area contributed by atoms with Gasteiger partial charge in [-0.2, -0.15) is 0 Å². The second-order valence-corrected chi connectivity index (χ2v) is 8.11. The number of rotatable bonds is 5. The summed E-state index contributed by atoms with van der Waals surface area (Å²) in [5, 5.41) is 3.00. The molecule has 1 aromatic heterocycles. The van der Waals surface area contributed by atoms with Crippen molar-refractivity contribution in [2.24, 2.45) is 0 Å². The molecule has 5 nitrogen and oxygen atoms in total. The summed E-state index contributed by atoms with van der Waals surface area (Å²) in [5.41, 5.74) is 3.96. The number of nitrogens with zero attached hydrogens (tertiary/aromatic N) is 2. The van der Waals surface area contributed by atoms with Crippen LogP contribution in [0.5, 0.6) is 0 Å². The van der Waals surface area contributed by atoms with Gasteiger partial charge < -0.3 is 14.8 Å². The predicted octanol–water partition coefficient (Wildman–Crippen LogP) is 3.52. The first-order valence-corrected chi connectivity index (χ1v) is 10.5. The smallest absolute Gasteiger partial charge is 0.255 e. The molecule has 1 fully saturated rings. The molecule has 2 atom stereocenters. The molecule has 0 saturated carbocycles. The topological polar surface area (TPSA) is 54.3 Å². The first-order valence-electron chi connectivity index (χ1n) is 9.36. The van der Waals surface area contributed by atoms with Gasteiger partial charge in [-0.3, -0.25) is 9.59 Å². The fourth-order valence-electron chi connectivity index (χ4n) is 3.30. The minimum atomic E-state index is -0.398. The lowest BCUT2D eigenvalue weighted by Gasteiger charge is -2.24. The maximum absolute atomic E-state index is 13.0. The molecule has 2 unspecified atom stereocenters. The van der Waals surface area contributed by atoms with Crippen molar-refractivity contribution in [3.63, 3.8) is 0 Å². The number of benzene rings is 1. The van der Waals surface area contributed by atoms with Crippen LogP contribution in [0.15, 0.2) is 36.4 Å². The van der Waals surface area contributed by atoms with Gasteiger partial charge in [0.15, 0.2) is 0 Å². The number of thioether (sulfide) groups is 1. The van der Waals surface area contributed by atoms with Crippen LogP contribution in [0.2, 0.25) is 0 Å². The fourth-order valence-corrected chi connectivity index (χ4v) is 4.45. The molecule has 1 aromatic carbocycles. The number of hydrogen-bond donors (Lipinski definition) is 1. The van der Waals surface area contributed by atoms with E-state index < -0.39 is 6.04 Å². The predicted molar refractivity (Wildman–Crippen MR) is 110 cm³/mol. The van der Waals surface area contributed by atoms with Gasteiger partial charge in [-0.15, -0.1) is 11.8 Å². The van der Waals surface area contributed by atoms with Crippen LogP contribution in [-0.4, -0.2) is 45.0 Å². The molecule has 0 radical (unpaired) electrons. The number of hydrogen-bond acceptors (Lipinski definition) is 3. The Morgan fingerprint density at radius 1 is 1.15 bits per heavy atom. The quantitative estimate of drug-likeness (QED) is 0.857. The fraction of sp³-hybridized carbons (Fsp3) is 0.429. The lowest BCUT2D eigenvalue weighted by molar-refractivity contribution is -0.125. The molecule has 1 N–H and O–H groups in total. The molecule has 6 heteroatoms. The van der Waals surface area contributed by atoms with Gasteiger partial charge in [0.1, 0.15) is 6.04 Å². The number of amides is 2. The van der Waals surface area contributed by atoms with E-state index in [2.05, 4.69) is 35.9 Å². The highest BCUT2D eigenvalue weighted by atomic mass is 32.2. The molecule has 0 bridgehead atoms. The van der Waals surface area contributed by atoms with E-state index in [0.717, 1.165) is 23.5 Å². The maximum Gasteiger partial charge on any atom is 0.255 e. The second-order valence-electron chi connectivity index (χ2n) is 7.11. The van der Waals surface area contributed by atoms with Crippen LogP contribution in [0.1, 0.15) is 42.0 Å². The molecule has 1 aliphatic rings. The molecule has 0 aliphatic carbocycles. The highest BCUT2D eigenvalue weighted by Crippen LogP contribution is 2.24. The third kappa shape index (κ3) is 4.05. The summed E-state index contributed by atoms with van der Waals surface area (Å²) in [6.07, 6.45) is 0.874. The summed E-state index contributed by atoms with van der Waals surface area (Å²) in [6.45, 7) is 8.14. The van der Waals surface area contributed by atoms with E-state index in [-0.39, 0.29) is 17.9 Å². The van der Waals surface area contributed by atoms with Gasteiger partial charge in [0, 0.05) is 34.4 Å². The lowest BCUT2D eigenvalue weighted by atomic mass is 10.1. The number of carbonyl (C=O) groups is 2. The molecule has 0 spiro atoms. The van der Waals surface area contributed by atoms with Gasteiger partial charge in [0.25, 0.3) is 5.91 Å². The Balaban J connectivity index is 1.76. The largest absolute Gasteiger partial charge is 0.352 e. The molecule has 27 heavy (non-hydrogen) atoms. The van der Waals surface area contributed by atoms with Crippen LogP contribution in [-0.2, 0) is 4.79 Å². The third-order valence-corrected chi connectivity index (χ3v) is 6.10. The molecule has 1 saturated heterocycles. The van der Waals surface area contributed by atoms with Crippen LogP contribution in [0.4, 0.5) is 0 Å². The van der Waals surface area contributed by atoms with Crippen LogP contribution in [0, 0.1) is 13.8 Å². The highest BCUT2D eigenvalue weighted by molar-refractivity contribution is 7.99. The van der Waals surface area contributed by atoms with Crippen molar-refractivity contribution in [2.75, 3.05) is 11.6 Å². The molecular weight excluding hydrogens is 358 g/mol. The molecule has 1 aliphatic heterocycles. The van der Waals surface area contributed by atoms with Crippen LogP contribution >= 0.6 is 11.8 Å². The Morgan fingerprint density at radius 2 is 1.78 bits per heavy atom. The summed E-state index contributed by atoms with van der Waals surface area (Å²) in [6, 6.07) is 11.5. The van der Waals surface area contributed by atoms with Crippen LogP contribution in [0.25, 0.3) is 5.69 Å². The Kier molecular flexibility index (Phi) is 5.95. The van der Waals surface area contributed by atoms with Crippen molar-refractivity contribution in [2.45, 2.75) is 46.2 Å². The van der Waals surface area contributed by atoms with Crippen molar-refractivity contribution < 1.29 is 9.59 Å². The minimum Gasteiger partial charge on any atom is -0.352 e. The number of aromatic nitrogens is 1. The number of nitrogens with one attached hydrogen (secondary N) is 1.